The summed E-state index contributed by atoms with van der Waals surface area (Å²) >= 11 is 1.52. The van der Waals surface area contributed by atoms with Crippen molar-refractivity contribution in [3.8, 4) is 10.9 Å². The molecular weight excluding hydrogens is 270 g/mol. The van der Waals surface area contributed by atoms with Crippen LogP contribution in [0.25, 0.3) is 10.2 Å². The molecule has 0 aliphatic carbocycles. The maximum atomic E-state index is 9.91. The predicted molar refractivity (Wildman–Crippen MR) is 81.4 cm³/mol. The average Bonchev–Trinajstić information content (AvgIpc) is 2.80. The summed E-state index contributed by atoms with van der Waals surface area (Å²) in [6, 6.07) is 15.4. The molecule has 0 saturated carbocycles. The zero-order valence-corrected chi connectivity index (χ0v) is 12.1. The van der Waals surface area contributed by atoms with Gasteiger partial charge in [0.2, 0.25) is 0 Å². The molecule has 0 spiro atoms. The fraction of sp³-hybridized carbons (Fsp3) is 0.188. The van der Waals surface area contributed by atoms with Crippen molar-refractivity contribution >= 4 is 21.6 Å². The molecule has 3 nitrogen and oxygen atoms in total. The molecule has 3 rings (SSSR count). The van der Waals surface area contributed by atoms with Crippen LogP contribution < -0.4 is 4.74 Å². The summed E-state index contributed by atoms with van der Waals surface area (Å²) in [6.07, 6.45) is 0. The monoisotopic (exact) mass is 285 g/mol. The van der Waals surface area contributed by atoms with Crippen LogP contribution in [0.15, 0.2) is 48.5 Å². The summed E-state index contributed by atoms with van der Waals surface area (Å²) in [5.74, 6) is 0.719. The van der Waals surface area contributed by atoms with E-state index in [9.17, 15) is 5.11 Å². The lowest BCUT2D eigenvalue weighted by Crippen LogP contribution is -2.14. The highest BCUT2D eigenvalue weighted by Gasteiger charge is 2.15. The number of aromatic nitrogens is 1. The standard InChI is InChI=1S/C16H15NO2S/c1-16(2,18)11-7-9-12(10-8-11)19-15-17-13-5-3-4-6-14(13)20-15/h3-10,18H,1-2H3. The SMILES string of the molecule is CC(C)(O)c1ccc(Oc2nc3ccccc3s2)cc1. The van der Waals surface area contributed by atoms with Crippen molar-refractivity contribution in [3.05, 3.63) is 54.1 Å². The molecule has 0 amide bonds. The Bertz CT molecular complexity index is 693. The number of ether oxygens (including phenoxy) is 1. The molecule has 0 bridgehead atoms. The number of nitrogens with zero attached hydrogens (tertiary/aromatic N) is 1. The minimum Gasteiger partial charge on any atom is -0.431 e. The second-order valence-corrected chi connectivity index (χ2v) is 6.13. The predicted octanol–water partition coefficient (Wildman–Crippen LogP) is 4.32. The lowest BCUT2D eigenvalue weighted by molar-refractivity contribution is 0.0786. The Balaban J connectivity index is 1.84. The molecule has 0 atom stereocenters. The van der Waals surface area contributed by atoms with Gasteiger partial charge < -0.3 is 9.84 Å². The zero-order chi connectivity index (χ0) is 14.2. The molecule has 0 aliphatic rings. The fourth-order valence-electron chi connectivity index (χ4n) is 1.93. The lowest BCUT2D eigenvalue weighted by Gasteiger charge is -2.17. The van der Waals surface area contributed by atoms with Crippen LogP contribution in [0.4, 0.5) is 0 Å². The van der Waals surface area contributed by atoms with Crippen molar-refractivity contribution in [3.63, 3.8) is 0 Å². The van der Waals surface area contributed by atoms with Crippen LogP contribution in [0.3, 0.4) is 0 Å². The smallest absolute Gasteiger partial charge is 0.279 e. The van der Waals surface area contributed by atoms with Crippen molar-refractivity contribution in [1.29, 1.82) is 0 Å². The first kappa shape index (κ1) is 13.1. The Kier molecular flexibility index (Phi) is 3.20. The lowest BCUT2D eigenvalue weighted by atomic mass is 9.99. The van der Waals surface area contributed by atoms with Crippen molar-refractivity contribution < 1.29 is 9.84 Å². The minimum atomic E-state index is -0.839. The van der Waals surface area contributed by atoms with Gasteiger partial charge in [-0.15, -0.1) is 0 Å². The van der Waals surface area contributed by atoms with Gasteiger partial charge in [-0.25, -0.2) is 4.98 Å². The number of thiazole rings is 1. The molecule has 20 heavy (non-hydrogen) atoms. The summed E-state index contributed by atoms with van der Waals surface area (Å²) < 4.78 is 6.86. The zero-order valence-electron chi connectivity index (χ0n) is 11.3. The molecule has 102 valence electrons. The molecule has 1 N–H and O–H groups in total. The number of para-hydroxylation sites is 1. The van der Waals surface area contributed by atoms with Crippen molar-refractivity contribution in [2.45, 2.75) is 19.4 Å². The average molecular weight is 285 g/mol. The third kappa shape index (κ3) is 2.66. The molecule has 3 aromatic rings. The first-order chi connectivity index (χ1) is 9.52. The van der Waals surface area contributed by atoms with E-state index in [1.807, 2.05) is 48.5 Å². The van der Waals surface area contributed by atoms with Crippen LogP contribution in [0.1, 0.15) is 19.4 Å². The summed E-state index contributed by atoms with van der Waals surface area (Å²) in [5, 5.41) is 10.5. The fourth-order valence-corrected chi connectivity index (χ4v) is 2.76. The van der Waals surface area contributed by atoms with Gasteiger partial charge in [-0.2, -0.15) is 0 Å². The van der Waals surface area contributed by atoms with Crippen LogP contribution >= 0.6 is 11.3 Å². The van der Waals surface area contributed by atoms with Crippen molar-refractivity contribution in [1.82, 2.24) is 4.98 Å². The number of hydrogen-bond donors (Lipinski definition) is 1. The third-order valence-corrected chi connectivity index (χ3v) is 3.95. The summed E-state index contributed by atoms with van der Waals surface area (Å²) in [4.78, 5) is 4.43. The van der Waals surface area contributed by atoms with E-state index >= 15 is 0 Å². The minimum absolute atomic E-state index is 0.627. The second kappa shape index (κ2) is 4.89. The van der Waals surface area contributed by atoms with Gasteiger partial charge in [0.1, 0.15) is 5.75 Å². The Hall–Kier alpha value is -1.91. The van der Waals surface area contributed by atoms with Gasteiger partial charge in [-0.05, 0) is 43.7 Å². The summed E-state index contributed by atoms with van der Waals surface area (Å²) in [5.41, 5.74) is 0.962. The number of hydrogen-bond acceptors (Lipinski definition) is 4. The van der Waals surface area contributed by atoms with E-state index in [4.69, 9.17) is 4.74 Å². The van der Waals surface area contributed by atoms with Gasteiger partial charge in [0.05, 0.1) is 15.8 Å². The van der Waals surface area contributed by atoms with Crippen LogP contribution in [0, 0.1) is 0 Å². The molecule has 1 heterocycles. The van der Waals surface area contributed by atoms with Gasteiger partial charge in [0.15, 0.2) is 0 Å². The Labute approximate surface area is 121 Å². The van der Waals surface area contributed by atoms with Gasteiger partial charge >= 0.3 is 0 Å². The first-order valence-corrected chi connectivity index (χ1v) is 7.20. The molecule has 0 radical (unpaired) electrons. The Morgan fingerprint density at radius 1 is 1.05 bits per heavy atom. The molecule has 0 aliphatic heterocycles. The molecule has 4 heteroatoms. The highest BCUT2D eigenvalue weighted by molar-refractivity contribution is 7.20. The molecule has 0 fully saturated rings. The van der Waals surface area contributed by atoms with E-state index < -0.39 is 5.60 Å². The van der Waals surface area contributed by atoms with E-state index in [2.05, 4.69) is 4.98 Å². The van der Waals surface area contributed by atoms with Gasteiger partial charge in [-0.3, -0.25) is 0 Å². The topological polar surface area (TPSA) is 42.4 Å². The number of rotatable bonds is 3. The van der Waals surface area contributed by atoms with E-state index in [-0.39, 0.29) is 0 Å². The van der Waals surface area contributed by atoms with Crippen LogP contribution in [-0.4, -0.2) is 10.1 Å². The van der Waals surface area contributed by atoms with Crippen LogP contribution in [0.5, 0.6) is 10.9 Å². The normalized spacial score (nSPS) is 11.8. The van der Waals surface area contributed by atoms with E-state index in [0.717, 1.165) is 21.5 Å². The largest absolute Gasteiger partial charge is 0.431 e. The summed E-state index contributed by atoms with van der Waals surface area (Å²) in [6.45, 7) is 3.52. The quantitative estimate of drug-likeness (QED) is 0.779. The van der Waals surface area contributed by atoms with E-state index in [0.29, 0.717) is 5.19 Å². The maximum Gasteiger partial charge on any atom is 0.279 e. The van der Waals surface area contributed by atoms with E-state index in [1.165, 1.54) is 11.3 Å². The van der Waals surface area contributed by atoms with Gasteiger partial charge in [-0.1, -0.05) is 35.6 Å². The number of aliphatic hydroxyl groups is 1. The Morgan fingerprint density at radius 3 is 2.40 bits per heavy atom. The molecule has 1 aromatic heterocycles. The van der Waals surface area contributed by atoms with Gasteiger partial charge in [0, 0.05) is 0 Å². The van der Waals surface area contributed by atoms with Crippen LogP contribution in [-0.2, 0) is 5.60 Å². The third-order valence-electron chi connectivity index (χ3n) is 3.04. The molecule has 0 saturated heterocycles. The highest BCUT2D eigenvalue weighted by Crippen LogP contribution is 2.31. The molecular formula is C16H15NO2S. The second-order valence-electron chi connectivity index (χ2n) is 5.13. The summed E-state index contributed by atoms with van der Waals surface area (Å²) in [7, 11) is 0. The highest BCUT2D eigenvalue weighted by atomic mass is 32.1. The van der Waals surface area contributed by atoms with Crippen LogP contribution in [0.2, 0.25) is 0 Å². The van der Waals surface area contributed by atoms with Crippen molar-refractivity contribution in [2.75, 3.05) is 0 Å². The Morgan fingerprint density at radius 2 is 1.75 bits per heavy atom. The maximum absolute atomic E-state index is 9.91. The molecule has 0 unspecified atom stereocenters. The first-order valence-electron chi connectivity index (χ1n) is 6.39. The van der Waals surface area contributed by atoms with E-state index in [1.54, 1.807) is 13.8 Å². The number of benzene rings is 2. The molecule has 2 aromatic carbocycles. The van der Waals surface area contributed by atoms with Gasteiger partial charge in [0.25, 0.3) is 5.19 Å². The van der Waals surface area contributed by atoms with Crippen molar-refractivity contribution in [2.24, 2.45) is 0 Å². The number of fused-ring (bicyclic) bond motifs is 1.